The highest BCUT2D eigenvalue weighted by atomic mass is 16.5. The number of nitrogens with zero attached hydrogens (tertiary/aromatic N) is 3. The first-order chi connectivity index (χ1) is 8.74. The summed E-state index contributed by atoms with van der Waals surface area (Å²) in [7, 11) is 0. The molecule has 18 heavy (non-hydrogen) atoms. The van der Waals surface area contributed by atoms with Crippen LogP contribution in [-0.2, 0) is 22.6 Å². The number of ether oxygens (including phenoxy) is 2. The van der Waals surface area contributed by atoms with Crippen LogP contribution in [0.15, 0.2) is 6.20 Å². The van der Waals surface area contributed by atoms with Crippen molar-refractivity contribution in [3.63, 3.8) is 0 Å². The molecule has 1 N–H and O–H groups in total. The van der Waals surface area contributed by atoms with Gasteiger partial charge in [0.05, 0.1) is 31.6 Å². The van der Waals surface area contributed by atoms with Crippen molar-refractivity contribution in [1.29, 1.82) is 0 Å². The summed E-state index contributed by atoms with van der Waals surface area (Å²) in [5.74, 6) is 0. The Labute approximate surface area is 108 Å². The summed E-state index contributed by atoms with van der Waals surface area (Å²) in [6, 6.07) is 0.459. The van der Waals surface area contributed by atoms with Crippen molar-refractivity contribution in [2.24, 2.45) is 0 Å². The van der Waals surface area contributed by atoms with Crippen LogP contribution in [0.2, 0.25) is 0 Å². The highest BCUT2D eigenvalue weighted by Gasteiger charge is 2.15. The van der Waals surface area contributed by atoms with Crippen molar-refractivity contribution < 1.29 is 9.47 Å². The maximum atomic E-state index is 5.69. The van der Waals surface area contributed by atoms with E-state index in [1.54, 1.807) is 0 Å². The van der Waals surface area contributed by atoms with E-state index >= 15 is 0 Å². The lowest BCUT2D eigenvalue weighted by molar-refractivity contribution is 0.0369. The highest BCUT2D eigenvalue weighted by molar-refractivity contribution is 4.91. The molecule has 6 heteroatoms. The van der Waals surface area contributed by atoms with E-state index in [-0.39, 0.29) is 6.10 Å². The minimum absolute atomic E-state index is 0.260. The summed E-state index contributed by atoms with van der Waals surface area (Å²) in [6.45, 7) is 7.93. The van der Waals surface area contributed by atoms with Crippen molar-refractivity contribution in [3.8, 4) is 0 Å². The van der Waals surface area contributed by atoms with Gasteiger partial charge in [-0.3, -0.25) is 0 Å². The molecule has 102 valence electrons. The molecule has 1 aliphatic rings. The number of hydrogen-bond donors (Lipinski definition) is 1. The van der Waals surface area contributed by atoms with Gasteiger partial charge in [-0.1, -0.05) is 19.1 Å². The van der Waals surface area contributed by atoms with Gasteiger partial charge in [0.2, 0.25) is 0 Å². The molecule has 0 spiro atoms. The third-order valence-corrected chi connectivity index (χ3v) is 2.84. The van der Waals surface area contributed by atoms with E-state index in [9.17, 15) is 0 Å². The minimum Gasteiger partial charge on any atom is -0.379 e. The summed E-state index contributed by atoms with van der Waals surface area (Å²) in [5, 5.41) is 11.5. The molecule has 0 amide bonds. The van der Waals surface area contributed by atoms with E-state index in [1.807, 2.05) is 10.9 Å². The zero-order chi connectivity index (χ0) is 12.8. The maximum Gasteiger partial charge on any atom is 0.0964 e. The summed E-state index contributed by atoms with van der Waals surface area (Å²) in [5.41, 5.74) is 0.966. The Kier molecular flexibility index (Phi) is 5.10. The van der Waals surface area contributed by atoms with Gasteiger partial charge in [0.25, 0.3) is 0 Å². The molecule has 1 aromatic heterocycles. The number of rotatable bonds is 7. The van der Waals surface area contributed by atoms with Crippen LogP contribution < -0.4 is 5.32 Å². The van der Waals surface area contributed by atoms with Crippen LogP contribution in [0.3, 0.4) is 0 Å². The Morgan fingerprint density at radius 2 is 2.50 bits per heavy atom. The topological polar surface area (TPSA) is 61.2 Å². The standard InChI is InChI=1S/C12H22N4O2/c1-10(2)13-7-11-8-16(15-14-11)4-6-18-12-3-5-17-9-12/h8,10,12-13H,3-7,9H2,1-2H3. The van der Waals surface area contributed by atoms with E-state index < -0.39 is 0 Å². The van der Waals surface area contributed by atoms with Gasteiger partial charge in [0.1, 0.15) is 0 Å². The van der Waals surface area contributed by atoms with Gasteiger partial charge in [-0.2, -0.15) is 0 Å². The van der Waals surface area contributed by atoms with Gasteiger partial charge < -0.3 is 14.8 Å². The van der Waals surface area contributed by atoms with Crippen molar-refractivity contribution in [2.75, 3.05) is 19.8 Å². The molecule has 2 heterocycles. The monoisotopic (exact) mass is 254 g/mol. The first-order valence-electron chi connectivity index (χ1n) is 6.56. The van der Waals surface area contributed by atoms with Gasteiger partial charge in [0.15, 0.2) is 0 Å². The van der Waals surface area contributed by atoms with Crippen LogP contribution in [0.1, 0.15) is 26.0 Å². The van der Waals surface area contributed by atoms with Gasteiger partial charge in [0, 0.05) is 25.4 Å². The molecule has 0 aliphatic carbocycles. The fourth-order valence-electron chi connectivity index (χ4n) is 1.79. The van der Waals surface area contributed by atoms with Gasteiger partial charge in [-0.05, 0) is 6.42 Å². The normalized spacial score (nSPS) is 19.8. The Balaban J connectivity index is 1.66. The lowest BCUT2D eigenvalue weighted by atomic mass is 10.3. The molecule has 6 nitrogen and oxygen atoms in total. The molecule has 0 radical (unpaired) electrons. The number of aromatic nitrogens is 3. The van der Waals surface area contributed by atoms with E-state index in [2.05, 4.69) is 29.5 Å². The Morgan fingerprint density at radius 1 is 1.61 bits per heavy atom. The van der Waals surface area contributed by atoms with Crippen molar-refractivity contribution in [3.05, 3.63) is 11.9 Å². The Hall–Kier alpha value is -0.980. The Bertz CT molecular complexity index is 348. The maximum absolute atomic E-state index is 5.69. The van der Waals surface area contributed by atoms with Crippen LogP contribution in [-0.4, -0.2) is 47.0 Å². The van der Waals surface area contributed by atoms with Crippen LogP contribution >= 0.6 is 0 Å². The van der Waals surface area contributed by atoms with Crippen LogP contribution in [0, 0.1) is 0 Å². The molecule has 0 saturated carbocycles. The zero-order valence-corrected chi connectivity index (χ0v) is 11.1. The number of nitrogens with one attached hydrogen (secondary N) is 1. The second kappa shape index (κ2) is 6.82. The third kappa shape index (κ3) is 4.36. The smallest absolute Gasteiger partial charge is 0.0964 e. The van der Waals surface area contributed by atoms with E-state index in [0.717, 1.165) is 38.4 Å². The predicted molar refractivity (Wildman–Crippen MR) is 67.2 cm³/mol. The average molecular weight is 254 g/mol. The van der Waals surface area contributed by atoms with E-state index in [0.29, 0.717) is 12.6 Å². The Morgan fingerprint density at radius 3 is 3.22 bits per heavy atom. The van der Waals surface area contributed by atoms with Crippen molar-refractivity contribution in [2.45, 2.75) is 45.5 Å². The van der Waals surface area contributed by atoms with E-state index in [4.69, 9.17) is 9.47 Å². The van der Waals surface area contributed by atoms with Crippen LogP contribution in [0.5, 0.6) is 0 Å². The molecular formula is C12H22N4O2. The van der Waals surface area contributed by atoms with Crippen molar-refractivity contribution in [1.82, 2.24) is 20.3 Å². The molecule has 0 aromatic carbocycles. The summed E-state index contributed by atoms with van der Waals surface area (Å²) < 4.78 is 12.8. The second-order valence-electron chi connectivity index (χ2n) is 4.86. The molecule has 1 unspecified atom stereocenters. The predicted octanol–water partition coefficient (Wildman–Crippen LogP) is 0.582. The third-order valence-electron chi connectivity index (χ3n) is 2.84. The molecular weight excluding hydrogens is 232 g/mol. The largest absolute Gasteiger partial charge is 0.379 e. The molecule has 1 aliphatic heterocycles. The van der Waals surface area contributed by atoms with Gasteiger partial charge in [-0.25, -0.2) is 4.68 Å². The molecule has 1 aromatic rings. The zero-order valence-electron chi connectivity index (χ0n) is 11.1. The molecule has 1 atom stereocenters. The fourth-order valence-corrected chi connectivity index (χ4v) is 1.79. The van der Waals surface area contributed by atoms with Crippen molar-refractivity contribution >= 4 is 0 Å². The SMILES string of the molecule is CC(C)NCc1cn(CCOC2CCOC2)nn1. The number of hydrogen-bond acceptors (Lipinski definition) is 5. The first-order valence-corrected chi connectivity index (χ1v) is 6.56. The second-order valence-corrected chi connectivity index (χ2v) is 4.86. The van der Waals surface area contributed by atoms with Crippen LogP contribution in [0.25, 0.3) is 0 Å². The average Bonchev–Trinajstić information content (AvgIpc) is 2.97. The first kappa shape index (κ1) is 13.5. The quantitative estimate of drug-likeness (QED) is 0.771. The van der Waals surface area contributed by atoms with Gasteiger partial charge in [-0.15, -0.1) is 5.10 Å². The fraction of sp³-hybridized carbons (Fsp3) is 0.833. The van der Waals surface area contributed by atoms with Crippen LogP contribution in [0.4, 0.5) is 0 Å². The highest BCUT2D eigenvalue weighted by Crippen LogP contribution is 2.07. The summed E-state index contributed by atoms with van der Waals surface area (Å²) in [6.07, 6.45) is 3.22. The van der Waals surface area contributed by atoms with Gasteiger partial charge >= 0.3 is 0 Å². The summed E-state index contributed by atoms with van der Waals surface area (Å²) in [4.78, 5) is 0. The molecule has 0 bridgehead atoms. The molecule has 1 saturated heterocycles. The summed E-state index contributed by atoms with van der Waals surface area (Å²) >= 11 is 0. The minimum atomic E-state index is 0.260. The molecule has 2 rings (SSSR count). The van der Waals surface area contributed by atoms with E-state index in [1.165, 1.54) is 0 Å². The lowest BCUT2D eigenvalue weighted by Gasteiger charge is -2.08. The molecule has 1 fully saturated rings. The lowest BCUT2D eigenvalue weighted by Crippen LogP contribution is -2.22.